The van der Waals surface area contributed by atoms with E-state index >= 15 is 0 Å². The Kier molecular flexibility index (Phi) is 4.90. The van der Waals surface area contributed by atoms with Gasteiger partial charge in [0.1, 0.15) is 18.0 Å². The van der Waals surface area contributed by atoms with Crippen molar-refractivity contribution in [3.8, 4) is 6.07 Å². The molecule has 1 N–H and O–H groups in total. The number of imidazole rings is 1. The van der Waals surface area contributed by atoms with Crippen LogP contribution >= 0.6 is 0 Å². The zero-order chi connectivity index (χ0) is 13.7. The molecular formula is C13H20N3O2+. The lowest BCUT2D eigenvalue weighted by molar-refractivity contribution is -0.713. The van der Waals surface area contributed by atoms with Gasteiger partial charge in [-0.25, -0.2) is 13.9 Å². The average molecular weight is 250 g/mol. The fourth-order valence-corrected chi connectivity index (χ4v) is 2.11. The van der Waals surface area contributed by atoms with Crippen molar-refractivity contribution in [1.29, 1.82) is 5.26 Å². The van der Waals surface area contributed by atoms with Crippen molar-refractivity contribution in [3.63, 3.8) is 0 Å². The molecule has 0 saturated carbocycles. The number of carboxylic acids is 1. The zero-order valence-corrected chi connectivity index (χ0v) is 11.2. The van der Waals surface area contributed by atoms with E-state index in [4.69, 9.17) is 10.4 Å². The highest BCUT2D eigenvalue weighted by molar-refractivity contribution is 5.66. The minimum atomic E-state index is -0.852. The van der Waals surface area contributed by atoms with Crippen molar-refractivity contribution >= 4 is 5.97 Å². The van der Waals surface area contributed by atoms with Gasteiger partial charge in [-0.15, -0.1) is 0 Å². The van der Waals surface area contributed by atoms with Crippen LogP contribution in [0.4, 0.5) is 0 Å². The smallest absolute Gasteiger partial charge is 0.346 e. The van der Waals surface area contributed by atoms with Gasteiger partial charge in [0, 0.05) is 12.8 Å². The predicted octanol–water partition coefficient (Wildman–Crippen LogP) is 1.46. The molecule has 0 saturated heterocycles. The molecule has 1 rings (SSSR count). The molecule has 5 nitrogen and oxygen atoms in total. The topological polar surface area (TPSA) is 69.9 Å². The molecule has 98 valence electrons. The average Bonchev–Trinajstić information content (AvgIpc) is 2.67. The second-order valence-electron chi connectivity index (χ2n) is 4.33. The van der Waals surface area contributed by atoms with E-state index < -0.39 is 5.97 Å². The van der Waals surface area contributed by atoms with E-state index in [2.05, 4.69) is 6.07 Å². The Hall–Kier alpha value is -1.83. The van der Waals surface area contributed by atoms with Crippen LogP contribution in [-0.2, 0) is 24.2 Å². The van der Waals surface area contributed by atoms with E-state index in [-0.39, 0.29) is 12.6 Å². The maximum atomic E-state index is 10.9. The van der Waals surface area contributed by atoms with E-state index in [1.165, 1.54) is 0 Å². The molecule has 0 aliphatic rings. The van der Waals surface area contributed by atoms with Crippen LogP contribution in [0.2, 0.25) is 0 Å². The molecule has 0 fully saturated rings. The summed E-state index contributed by atoms with van der Waals surface area (Å²) in [6.07, 6.45) is 4.36. The predicted molar refractivity (Wildman–Crippen MR) is 66.0 cm³/mol. The van der Waals surface area contributed by atoms with Crippen LogP contribution in [0.3, 0.4) is 0 Å². The molecule has 1 aromatic rings. The first kappa shape index (κ1) is 14.2. The monoisotopic (exact) mass is 250 g/mol. The van der Waals surface area contributed by atoms with E-state index in [1.54, 1.807) is 0 Å². The summed E-state index contributed by atoms with van der Waals surface area (Å²) in [5, 5.41) is 18.0. The van der Waals surface area contributed by atoms with Gasteiger partial charge in [0.05, 0.1) is 0 Å². The Bertz CT molecular complexity index is 471. The van der Waals surface area contributed by atoms with E-state index in [9.17, 15) is 4.79 Å². The maximum Gasteiger partial charge on any atom is 0.346 e. The second-order valence-corrected chi connectivity index (χ2v) is 4.33. The summed E-state index contributed by atoms with van der Waals surface area (Å²) < 4.78 is 3.71. The summed E-state index contributed by atoms with van der Waals surface area (Å²) in [5.74, 6) is 0.0696. The number of rotatable bonds is 6. The van der Waals surface area contributed by atoms with Crippen molar-refractivity contribution in [1.82, 2.24) is 4.57 Å². The van der Waals surface area contributed by atoms with Crippen molar-refractivity contribution in [2.45, 2.75) is 52.6 Å². The molecule has 0 radical (unpaired) electrons. The number of aromatic nitrogens is 2. The Morgan fingerprint density at radius 1 is 1.61 bits per heavy atom. The minimum Gasteiger partial charge on any atom is -0.478 e. The van der Waals surface area contributed by atoms with Crippen LogP contribution < -0.4 is 4.57 Å². The minimum absolute atomic E-state index is 0.0380. The van der Waals surface area contributed by atoms with Gasteiger partial charge in [-0.1, -0.05) is 13.8 Å². The molecule has 1 aromatic heterocycles. The molecule has 5 heteroatoms. The standard InChI is InChI=1S/C13H19N3O2/c1-4-6-12-15(10(3)7-14)8-11(5-2)16(12)9-13(17)18/h8,10H,4-6,9H2,1-3H3/p+1. The molecule has 1 atom stereocenters. The fourth-order valence-electron chi connectivity index (χ4n) is 2.11. The van der Waals surface area contributed by atoms with E-state index in [0.29, 0.717) is 0 Å². The summed E-state index contributed by atoms with van der Waals surface area (Å²) >= 11 is 0. The molecule has 0 spiro atoms. The Morgan fingerprint density at radius 3 is 2.72 bits per heavy atom. The Labute approximate surface area is 107 Å². The zero-order valence-electron chi connectivity index (χ0n) is 11.2. The molecule has 0 amide bonds. The molecule has 18 heavy (non-hydrogen) atoms. The highest BCUT2D eigenvalue weighted by Gasteiger charge is 2.26. The lowest BCUT2D eigenvalue weighted by atomic mass is 10.3. The summed E-state index contributed by atoms with van der Waals surface area (Å²) in [6.45, 7) is 5.82. The first-order valence-corrected chi connectivity index (χ1v) is 6.28. The van der Waals surface area contributed by atoms with Gasteiger partial charge in [0.2, 0.25) is 0 Å². The lowest BCUT2D eigenvalue weighted by Gasteiger charge is -2.04. The van der Waals surface area contributed by atoms with Gasteiger partial charge in [0.15, 0.2) is 12.6 Å². The SMILES string of the molecule is CCCc1n(CC(=O)O)c(CC)c[n+]1C(C)C#N. The van der Waals surface area contributed by atoms with Gasteiger partial charge < -0.3 is 5.11 Å². The largest absolute Gasteiger partial charge is 0.478 e. The first-order chi connectivity index (χ1) is 8.54. The van der Waals surface area contributed by atoms with Crippen LogP contribution in [0.1, 0.15) is 44.8 Å². The number of nitriles is 1. The van der Waals surface area contributed by atoms with Gasteiger partial charge in [-0.05, 0) is 13.3 Å². The highest BCUT2D eigenvalue weighted by Crippen LogP contribution is 2.10. The normalized spacial score (nSPS) is 12.1. The summed E-state index contributed by atoms with van der Waals surface area (Å²) in [4.78, 5) is 10.9. The molecule has 0 bridgehead atoms. The van der Waals surface area contributed by atoms with Gasteiger partial charge in [0.25, 0.3) is 5.82 Å². The van der Waals surface area contributed by atoms with Crippen LogP contribution in [0, 0.1) is 11.3 Å². The van der Waals surface area contributed by atoms with Gasteiger partial charge >= 0.3 is 5.97 Å². The molecule has 0 aliphatic carbocycles. The van der Waals surface area contributed by atoms with Crippen molar-refractivity contribution in [3.05, 3.63) is 17.7 Å². The molecule has 0 aliphatic heterocycles. The molecule has 0 aromatic carbocycles. The molecule has 1 heterocycles. The molecule has 1 unspecified atom stereocenters. The van der Waals surface area contributed by atoms with Crippen LogP contribution in [0.5, 0.6) is 0 Å². The third-order valence-electron chi connectivity index (χ3n) is 2.98. The van der Waals surface area contributed by atoms with E-state index in [1.807, 2.05) is 36.1 Å². The number of aryl methyl sites for hydroxylation is 1. The molecular weight excluding hydrogens is 230 g/mol. The maximum absolute atomic E-state index is 10.9. The number of nitrogens with zero attached hydrogens (tertiary/aromatic N) is 3. The summed E-state index contributed by atoms with van der Waals surface area (Å²) in [5.41, 5.74) is 0.961. The summed E-state index contributed by atoms with van der Waals surface area (Å²) in [7, 11) is 0. The number of hydrogen-bond donors (Lipinski definition) is 1. The van der Waals surface area contributed by atoms with Crippen molar-refractivity contribution in [2.24, 2.45) is 0 Å². The highest BCUT2D eigenvalue weighted by atomic mass is 16.4. The number of hydrogen-bond acceptors (Lipinski definition) is 2. The summed E-state index contributed by atoms with van der Waals surface area (Å²) in [6, 6.07) is 1.93. The van der Waals surface area contributed by atoms with E-state index in [0.717, 1.165) is 30.8 Å². The first-order valence-electron chi connectivity index (χ1n) is 6.28. The van der Waals surface area contributed by atoms with Gasteiger partial charge in [-0.3, -0.25) is 0 Å². The fraction of sp³-hybridized carbons (Fsp3) is 0.615. The van der Waals surface area contributed by atoms with Crippen molar-refractivity contribution < 1.29 is 14.5 Å². The quantitative estimate of drug-likeness (QED) is 0.777. The van der Waals surface area contributed by atoms with Crippen LogP contribution in [-0.4, -0.2) is 15.6 Å². The number of aliphatic carboxylic acids is 1. The third-order valence-corrected chi connectivity index (χ3v) is 2.98. The number of carbonyl (C=O) groups is 1. The Balaban J connectivity index is 3.31. The second kappa shape index (κ2) is 6.20. The van der Waals surface area contributed by atoms with Crippen LogP contribution in [0.25, 0.3) is 0 Å². The van der Waals surface area contributed by atoms with Gasteiger partial charge in [-0.2, -0.15) is 5.26 Å². The van der Waals surface area contributed by atoms with Crippen molar-refractivity contribution in [2.75, 3.05) is 0 Å². The van der Waals surface area contributed by atoms with Crippen LogP contribution in [0.15, 0.2) is 6.20 Å². The number of carboxylic acid groups (broad SMARTS) is 1. The Morgan fingerprint density at radius 2 is 2.28 bits per heavy atom. The lowest BCUT2D eigenvalue weighted by Crippen LogP contribution is -2.40. The third kappa shape index (κ3) is 2.89.